The van der Waals surface area contributed by atoms with Gasteiger partial charge in [0.05, 0.1) is 11.2 Å². The molecule has 1 N–H and O–H groups in total. The van der Waals surface area contributed by atoms with Crippen molar-refractivity contribution in [3.63, 3.8) is 0 Å². The number of aliphatic hydroxyl groups is 1. The summed E-state index contributed by atoms with van der Waals surface area (Å²) < 4.78 is 38.6. The van der Waals surface area contributed by atoms with Crippen LogP contribution >= 0.6 is 0 Å². The third-order valence-electron chi connectivity index (χ3n) is 6.28. The fourth-order valence-electron chi connectivity index (χ4n) is 5.05. The van der Waals surface area contributed by atoms with Crippen molar-refractivity contribution < 1.29 is 18.3 Å². The molecule has 0 bridgehead atoms. The van der Waals surface area contributed by atoms with E-state index >= 15 is 0 Å². The van der Waals surface area contributed by atoms with Crippen molar-refractivity contribution >= 4 is 0 Å². The van der Waals surface area contributed by atoms with Gasteiger partial charge in [-0.15, -0.1) is 0 Å². The Labute approximate surface area is 164 Å². The van der Waals surface area contributed by atoms with E-state index in [9.17, 15) is 18.3 Å². The van der Waals surface area contributed by atoms with Crippen molar-refractivity contribution in [1.29, 1.82) is 0 Å². The summed E-state index contributed by atoms with van der Waals surface area (Å²) in [5, 5.41) is 11.0. The molecule has 1 aliphatic carbocycles. The molecule has 2 nitrogen and oxygen atoms in total. The Kier molecular flexibility index (Phi) is 5.23. The van der Waals surface area contributed by atoms with Crippen molar-refractivity contribution in [3.8, 4) is 0 Å². The predicted molar refractivity (Wildman–Crippen MR) is 103 cm³/mol. The smallest absolute Gasteiger partial charge is 0.390 e. The SMILES string of the molecule is OC1(Cc2ccccc2)C[C@H]2CN(CCc3cccc(C(F)(F)F)c3)C[C@H]2C1. The Morgan fingerprint density at radius 1 is 0.929 bits per heavy atom. The highest BCUT2D eigenvalue weighted by Gasteiger charge is 2.47. The van der Waals surface area contributed by atoms with Gasteiger partial charge in [0.15, 0.2) is 0 Å². The third kappa shape index (κ3) is 4.41. The van der Waals surface area contributed by atoms with Gasteiger partial charge >= 0.3 is 6.18 Å². The van der Waals surface area contributed by atoms with E-state index in [1.54, 1.807) is 6.07 Å². The van der Waals surface area contributed by atoms with E-state index in [1.807, 2.05) is 18.2 Å². The van der Waals surface area contributed by atoms with Gasteiger partial charge in [0, 0.05) is 26.1 Å². The maximum atomic E-state index is 12.9. The molecule has 1 saturated carbocycles. The average Bonchev–Trinajstić information content (AvgIpc) is 3.14. The molecule has 5 heteroatoms. The van der Waals surface area contributed by atoms with Crippen LogP contribution in [0.3, 0.4) is 0 Å². The first-order valence-corrected chi connectivity index (χ1v) is 9.96. The van der Waals surface area contributed by atoms with Gasteiger partial charge in [0.25, 0.3) is 0 Å². The summed E-state index contributed by atoms with van der Waals surface area (Å²) in [6.45, 7) is 2.63. The number of rotatable bonds is 5. The lowest BCUT2D eigenvalue weighted by Gasteiger charge is -2.26. The van der Waals surface area contributed by atoms with E-state index < -0.39 is 17.3 Å². The molecule has 28 heavy (non-hydrogen) atoms. The Morgan fingerprint density at radius 2 is 1.57 bits per heavy atom. The number of hydrogen-bond acceptors (Lipinski definition) is 2. The lowest BCUT2D eigenvalue weighted by Crippen LogP contribution is -2.32. The van der Waals surface area contributed by atoms with Crippen LogP contribution in [0, 0.1) is 11.8 Å². The van der Waals surface area contributed by atoms with Gasteiger partial charge < -0.3 is 10.0 Å². The van der Waals surface area contributed by atoms with Crippen LogP contribution in [0.25, 0.3) is 0 Å². The molecular formula is C23H26F3NO. The number of nitrogens with zero attached hydrogens (tertiary/aromatic N) is 1. The first-order valence-electron chi connectivity index (χ1n) is 9.96. The number of fused-ring (bicyclic) bond motifs is 1. The molecule has 150 valence electrons. The quantitative estimate of drug-likeness (QED) is 0.810. The summed E-state index contributed by atoms with van der Waals surface area (Å²) in [7, 11) is 0. The van der Waals surface area contributed by atoms with E-state index in [4.69, 9.17) is 0 Å². The topological polar surface area (TPSA) is 23.5 Å². The first kappa shape index (κ1) is 19.5. The van der Waals surface area contributed by atoms with Gasteiger partial charge in [-0.25, -0.2) is 0 Å². The molecule has 1 unspecified atom stereocenters. The Hall–Kier alpha value is -1.85. The van der Waals surface area contributed by atoms with E-state index in [1.165, 1.54) is 17.7 Å². The van der Waals surface area contributed by atoms with Crippen LogP contribution in [0.4, 0.5) is 13.2 Å². The summed E-state index contributed by atoms with van der Waals surface area (Å²) in [5.74, 6) is 0.963. The molecular weight excluding hydrogens is 363 g/mol. The predicted octanol–water partition coefficient (Wildman–Crippen LogP) is 4.56. The van der Waals surface area contributed by atoms with Gasteiger partial charge in [-0.2, -0.15) is 13.2 Å². The van der Waals surface area contributed by atoms with Crippen molar-refractivity contribution in [3.05, 3.63) is 71.3 Å². The van der Waals surface area contributed by atoms with Gasteiger partial charge in [0.2, 0.25) is 0 Å². The minimum Gasteiger partial charge on any atom is -0.390 e. The maximum Gasteiger partial charge on any atom is 0.416 e. The summed E-state index contributed by atoms with van der Waals surface area (Å²) in [5.41, 5.74) is 0.706. The van der Waals surface area contributed by atoms with E-state index in [0.29, 0.717) is 24.7 Å². The third-order valence-corrected chi connectivity index (χ3v) is 6.28. The summed E-state index contributed by atoms with van der Waals surface area (Å²) in [4.78, 5) is 2.34. The molecule has 0 amide bonds. The zero-order valence-corrected chi connectivity index (χ0v) is 15.8. The first-order chi connectivity index (χ1) is 13.3. The van der Waals surface area contributed by atoms with E-state index in [2.05, 4.69) is 17.0 Å². The van der Waals surface area contributed by atoms with Crippen molar-refractivity contribution in [2.75, 3.05) is 19.6 Å². The largest absolute Gasteiger partial charge is 0.416 e. The van der Waals surface area contributed by atoms with Crippen molar-refractivity contribution in [2.24, 2.45) is 11.8 Å². The van der Waals surface area contributed by atoms with Crippen LogP contribution in [-0.2, 0) is 19.0 Å². The lowest BCUT2D eigenvalue weighted by atomic mass is 9.91. The second-order valence-electron chi connectivity index (χ2n) is 8.52. The molecule has 1 aliphatic heterocycles. The highest BCUT2D eigenvalue weighted by molar-refractivity contribution is 5.26. The number of likely N-dealkylation sites (tertiary alicyclic amines) is 1. The molecule has 2 aromatic carbocycles. The number of benzene rings is 2. The summed E-state index contributed by atoms with van der Waals surface area (Å²) >= 11 is 0. The summed E-state index contributed by atoms with van der Waals surface area (Å²) in [6.07, 6.45) is -1.34. The fraction of sp³-hybridized carbons (Fsp3) is 0.478. The van der Waals surface area contributed by atoms with Crippen molar-refractivity contribution in [1.82, 2.24) is 4.90 Å². The average molecular weight is 389 g/mol. The Morgan fingerprint density at radius 3 is 2.21 bits per heavy atom. The molecule has 0 spiro atoms. The molecule has 2 fully saturated rings. The van der Waals surface area contributed by atoms with E-state index in [-0.39, 0.29) is 0 Å². The van der Waals surface area contributed by atoms with Crippen LogP contribution in [0.2, 0.25) is 0 Å². The van der Waals surface area contributed by atoms with Gasteiger partial charge in [0.1, 0.15) is 0 Å². The van der Waals surface area contributed by atoms with Crippen LogP contribution in [0.15, 0.2) is 54.6 Å². The monoisotopic (exact) mass is 389 g/mol. The summed E-state index contributed by atoms with van der Waals surface area (Å²) in [6, 6.07) is 15.8. The highest BCUT2D eigenvalue weighted by atomic mass is 19.4. The van der Waals surface area contributed by atoms with Gasteiger partial charge in [-0.3, -0.25) is 0 Å². The minimum absolute atomic E-state index is 0.482. The Balaban J connectivity index is 1.30. The molecule has 2 aromatic rings. The second-order valence-corrected chi connectivity index (χ2v) is 8.52. The zero-order chi connectivity index (χ0) is 19.8. The molecule has 0 aromatic heterocycles. The van der Waals surface area contributed by atoms with Crippen LogP contribution < -0.4 is 0 Å². The zero-order valence-electron chi connectivity index (χ0n) is 15.8. The lowest BCUT2D eigenvalue weighted by molar-refractivity contribution is -0.137. The molecule has 4 rings (SSSR count). The van der Waals surface area contributed by atoms with Gasteiger partial charge in [-0.1, -0.05) is 48.5 Å². The van der Waals surface area contributed by atoms with Crippen LogP contribution in [0.5, 0.6) is 0 Å². The normalized spacial score (nSPS) is 27.9. The molecule has 1 saturated heterocycles. The number of alkyl halides is 3. The molecule has 3 atom stereocenters. The molecule has 2 aliphatic rings. The Bertz CT molecular complexity index is 791. The van der Waals surface area contributed by atoms with Crippen molar-refractivity contribution in [2.45, 2.75) is 37.5 Å². The fourth-order valence-corrected chi connectivity index (χ4v) is 5.05. The molecule has 0 radical (unpaired) electrons. The van der Waals surface area contributed by atoms with E-state index in [0.717, 1.165) is 44.1 Å². The number of halogens is 3. The second kappa shape index (κ2) is 7.53. The number of hydrogen-bond donors (Lipinski definition) is 1. The highest BCUT2D eigenvalue weighted by Crippen LogP contribution is 2.45. The maximum absolute atomic E-state index is 12.9. The minimum atomic E-state index is -4.29. The van der Waals surface area contributed by atoms with Gasteiger partial charge in [-0.05, 0) is 48.3 Å². The standard InChI is InChI=1S/C23H26F3NO/c24-23(25,26)21-8-4-7-17(11-21)9-10-27-15-19-13-22(28,14-20(19)16-27)12-18-5-2-1-3-6-18/h1-8,11,19-20,28H,9-10,12-16H2/t19-,20+,22?. The van der Waals surface area contributed by atoms with Crippen LogP contribution in [0.1, 0.15) is 29.5 Å². The van der Waals surface area contributed by atoms with Crippen LogP contribution in [-0.4, -0.2) is 35.2 Å². The molecule has 1 heterocycles.